The first kappa shape index (κ1) is 22.6. The second kappa shape index (κ2) is 8.23. The second-order valence-electron chi connectivity index (χ2n) is 11.5. The van der Waals surface area contributed by atoms with E-state index in [9.17, 15) is 14.7 Å². The van der Waals surface area contributed by atoms with Crippen molar-refractivity contribution in [2.24, 2.45) is 34.5 Å². The molecular formula is C29H37NO3. The van der Waals surface area contributed by atoms with E-state index in [0.717, 1.165) is 50.5 Å². The Hall–Kier alpha value is -2.20. The molecule has 1 aromatic carbocycles. The molecule has 0 radical (unpaired) electrons. The molecule has 0 saturated heterocycles. The fraction of sp³-hybridized carbons (Fsp3) is 0.586. The van der Waals surface area contributed by atoms with Crippen molar-refractivity contribution in [2.45, 2.75) is 71.8 Å². The monoisotopic (exact) mass is 447 g/mol. The summed E-state index contributed by atoms with van der Waals surface area (Å²) >= 11 is 0. The number of benzene rings is 1. The number of carbonyl (C=O) groups excluding carboxylic acids is 2. The Balaban J connectivity index is 1.43. The van der Waals surface area contributed by atoms with Crippen LogP contribution in [0.25, 0.3) is 0 Å². The average Bonchev–Trinajstić information content (AvgIpc) is 3.11. The minimum atomic E-state index is -0.189. The summed E-state index contributed by atoms with van der Waals surface area (Å²) in [6.45, 7) is 6.48. The van der Waals surface area contributed by atoms with E-state index in [2.05, 4.69) is 25.2 Å². The van der Waals surface area contributed by atoms with Crippen molar-refractivity contribution in [1.29, 1.82) is 0 Å². The summed E-state index contributed by atoms with van der Waals surface area (Å²) in [5.74, 6) is 1.61. The number of ketones is 1. The molecule has 1 aromatic rings. The van der Waals surface area contributed by atoms with Crippen LogP contribution in [0.1, 0.15) is 76.1 Å². The van der Waals surface area contributed by atoms with Gasteiger partial charge < -0.3 is 10.4 Å². The van der Waals surface area contributed by atoms with E-state index in [1.807, 2.05) is 36.5 Å². The summed E-state index contributed by atoms with van der Waals surface area (Å²) in [6.07, 6.45) is 11.0. The predicted molar refractivity (Wildman–Crippen MR) is 129 cm³/mol. The summed E-state index contributed by atoms with van der Waals surface area (Å²) in [6, 6.07) is 9.25. The second-order valence-corrected chi connectivity index (χ2v) is 11.5. The van der Waals surface area contributed by atoms with Crippen LogP contribution in [-0.4, -0.2) is 22.9 Å². The van der Waals surface area contributed by atoms with Crippen molar-refractivity contribution in [1.82, 2.24) is 5.32 Å². The van der Waals surface area contributed by atoms with Crippen molar-refractivity contribution < 1.29 is 14.7 Å². The van der Waals surface area contributed by atoms with Crippen LogP contribution in [0, 0.1) is 34.5 Å². The normalized spacial score (nSPS) is 40.9. The third-order valence-corrected chi connectivity index (χ3v) is 9.83. The Labute approximate surface area is 197 Å². The lowest BCUT2D eigenvalue weighted by Gasteiger charge is -2.57. The minimum absolute atomic E-state index is 0.0494. The highest BCUT2D eigenvalue weighted by Crippen LogP contribution is 2.67. The Morgan fingerprint density at radius 3 is 2.55 bits per heavy atom. The maximum Gasteiger partial charge on any atom is 0.255 e. The SMILES string of the molecule is CC(=O)[C@H]1/C(=C\NC(=O)c2ccccc2)C[C@H]2[C@@H]3CC=C4CC(O)CC[C@]4(C)[C@H]3CC[C@]12C. The molecule has 176 valence electrons. The van der Waals surface area contributed by atoms with Crippen LogP contribution in [0.5, 0.6) is 0 Å². The molecule has 2 N–H and O–H groups in total. The van der Waals surface area contributed by atoms with Crippen LogP contribution < -0.4 is 5.32 Å². The van der Waals surface area contributed by atoms with Crippen LogP contribution in [0.4, 0.5) is 0 Å². The third kappa shape index (κ3) is 3.62. The molecule has 0 aromatic heterocycles. The molecule has 4 aliphatic rings. The topological polar surface area (TPSA) is 66.4 Å². The molecule has 0 heterocycles. The van der Waals surface area contributed by atoms with Gasteiger partial charge in [0.05, 0.1) is 6.10 Å². The smallest absolute Gasteiger partial charge is 0.255 e. The molecule has 1 amide bonds. The highest BCUT2D eigenvalue weighted by atomic mass is 16.3. The number of allylic oxidation sites excluding steroid dienone is 2. The van der Waals surface area contributed by atoms with Crippen molar-refractivity contribution in [3.8, 4) is 0 Å². The largest absolute Gasteiger partial charge is 0.393 e. The summed E-state index contributed by atoms with van der Waals surface area (Å²) in [5, 5.41) is 13.2. The Bertz CT molecular complexity index is 1010. The molecule has 1 unspecified atom stereocenters. The first-order chi connectivity index (χ1) is 15.7. The van der Waals surface area contributed by atoms with Gasteiger partial charge in [-0.15, -0.1) is 0 Å². The fourth-order valence-corrected chi connectivity index (χ4v) is 8.23. The van der Waals surface area contributed by atoms with E-state index < -0.39 is 0 Å². The third-order valence-electron chi connectivity index (χ3n) is 9.83. The van der Waals surface area contributed by atoms with Gasteiger partial charge in [-0.3, -0.25) is 9.59 Å². The number of aliphatic hydroxyl groups excluding tert-OH is 1. The maximum atomic E-state index is 12.9. The van der Waals surface area contributed by atoms with Crippen LogP contribution in [-0.2, 0) is 4.79 Å². The molecule has 5 rings (SSSR count). The molecule has 33 heavy (non-hydrogen) atoms. The van der Waals surface area contributed by atoms with E-state index in [4.69, 9.17) is 0 Å². The number of nitrogens with one attached hydrogen (secondary N) is 1. The molecule has 3 fully saturated rings. The van der Waals surface area contributed by atoms with Crippen LogP contribution >= 0.6 is 0 Å². The quantitative estimate of drug-likeness (QED) is 0.607. The molecular weight excluding hydrogens is 410 g/mol. The Kier molecular flexibility index (Phi) is 5.63. The Morgan fingerprint density at radius 2 is 1.82 bits per heavy atom. The van der Waals surface area contributed by atoms with Gasteiger partial charge in [0, 0.05) is 17.7 Å². The van der Waals surface area contributed by atoms with Crippen molar-refractivity contribution >= 4 is 11.7 Å². The van der Waals surface area contributed by atoms with Gasteiger partial charge in [0.25, 0.3) is 5.91 Å². The molecule has 7 atom stereocenters. The van der Waals surface area contributed by atoms with Crippen LogP contribution in [0.15, 0.2) is 53.8 Å². The van der Waals surface area contributed by atoms with E-state index >= 15 is 0 Å². The van der Waals surface area contributed by atoms with E-state index in [-0.39, 0.29) is 34.5 Å². The van der Waals surface area contributed by atoms with Gasteiger partial charge >= 0.3 is 0 Å². The van der Waals surface area contributed by atoms with Gasteiger partial charge in [0.2, 0.25) is 0 Å². The first-order valence-corrected chi connectivity index (χ1v) is 12.7. The molecule has 0 aliphatic heterocycles. The molecule has 3 saturated carbocycles. The standard InChI is InChI=1S/C29H37NO3/c1-18(31)26-20(17-30-27(33)19-7-5-4-6-8-19)15-25-23-10-9-21-16-22(32)11-13-28(21,2)24(23)12-14-29(25,26)3/h4-9,17,22-26,32H,10-16H2,1-3H3,(H,30,33)/b20-17-/t22?,23-,24+,25+,26+,28+,29+/m1/s1. The van der Waals surface area contributed by atoms with Gasteiger partial charge in [0.1, 0.15) is 5.78 Å². The zero-order valence-electron chi connectivity index (χ0n) is 20.1. The number of Topliss-reactive ketones (excluding diaryl/α,β-unsaturated/α-hetero) is 1. The number of hydrogen-bond acceptors (Lipinski definition) is 3. The molecule has 4 nitrogen and oxygen atoms in total. The average molecular weight is 448 g/mol. The maximum absolute atomic E-state index is 12.9. The number of hydrogen-bond donors (Lipinski definition) is 2. The number of amides is 1. The lowest BCUT2D eigenvalue weighted by Crippen LogP contribution is -2.50. The molecule has 4 heteroatoms. The van der Waals surface area contributed by atoms with E-state index in [1.54, 1.807) is 6.92 Å². The Morgan fingerprint density at radius 1 is 1.06 bits per heavy atom. The highest BCUT2D eigenvalue weighted by Gasteiger charge is 2.60. The van der Waals surface area contributed by atoms with Gasteiger partial charge in [0.15, 0.2) is 0 Å². The van der Waals surface area contributed by atoms with Crippen LogP contribution in [0.3, 0.4) is 0 Å². The fourth-order valence-electron chi connectivity index (χ4n) is 8.23. The van der Waals surface area contributed by atoms with E-state index in [0.29, 0.717) is 23.3 Å². The number of rotatable bonds is 3. The molecule has 0 spiro atoms. The lowest BCUT2D eigenvalue weighted by atomic mass is 9.47. The lowest BCUT2D eigenvalue weighted by molar-refractivity contribution is -0.126. The number of fused-ring (bicyclic) bond motifs is 5. The zero-order valence-corrected chi connectivity index (χ0v) is 20.1. The van der Waals surface area contributed by atoms with Gasteiger partial charge in [-0.25, -0.2) is 0 Å². The van der Waals surface area contributed by atoms with Crippen molar-refractivity contribution in [2.75, 3.05) is 0 Å². The van der Waals surface area contributed by atoms with Gasteiger partial charge in [-0.2, -0.15) is 0 Å². The predicted octanol–water partition coefficient (Wildman–Crippen LogP) is 5.44. The minimum Gasteiger partial charge on any atom is -0.393 e. The summed E-state index contributed by atoms with van der Waals surface area (Å²) in [4.78, 5) is 25.6. The highest BCUT2D eigenvalue weighted by molar-refractivity contribution is 5.95. The molecule has 0 bridgehead atoms. The summed E-state index contributed by atoms with van der Waals surface area (Å²) in [7, 11) is 0. The van der Waals surface area contributed by atoms with Gasteiger partial charge in [-0.1, -0.05) is 43.7 Å². The first-order valence-electron chi connectivity index (χ1n) is 12.7. The molecule has 4 aliphatic carbocycles. The van der Waals surface area contributed by atoms with E-state index in [1.165, 1.54) is 5.57 Å². The van der Waals surface area contributed by atoms with Crippen molar-refractivity contribution in [3.05, 3.63) is 59.3 Å². The summed E-state index contributed by atoms with van der Waals surface area (Å²) in [5.41, 5.74) is 3.33. The number of carbonyl (C=O) groups is 2. The van der Waals surface area contributed by atoms with Crippen molar-refractivity contribution in [3.63, 3.8) is 0 Å². The van der Waals surface area contributed by atoms with Crippen LogP contribution in [0.2, 0.25) is 0 Å². The summed E-state index contributed by atoms with van der Waals surface area (Å²) < 4.78 is 0. The number of aliphatic hydroxyl groups is 1. The zero-order chi connectivity index (χ0) is 23.4. The van der Waals surface area contributed by atoms with Gasteiger partial charge in [-0.05, 0) is 98.2 Å².